The molecule has 122 valence electrons. The van der Waals surface area contributed by atoms with Gasteiger partial charge < -0.3 is 21.7 Å². The zero-order chi connectivity index (χ0) is 17.2. The Morgan fingerprint density at radius 1 is 1.00 bits per heavy atom. The molecule has 0 radical (unpaired) electrons. The minimum Gasteiger partial charge on any atom is -0.504 e. The van der Waals surface area contributed by atoms with Crippen LogP contribution in [-0.4, -0.2) is 23.0 Å². The lowest BCUT2D eigenvalue weighted by Crippen LogP contribution is -2.11. The number of hydrogen-bond donors (Lipinski definition) is 5. The molecule has 0 atom stereocenters. The molecule has 0 saturated heterocycles. The van der Waals surface area contributed by atoms with E-state index in [0.29, 0.717) is 21.6 Å². The average molecular weight is 354 g/mol. The van der Waals surface area contributed by atoms with Crippen LogP contribution in [0.1, 0.15) is 0 Å². The van der Waals surface area contributed by atoms with Crippen molar-refractivity contribution >= 4 is 43.1 Å². The quantitative estimate of drug-likeness (QED) is 0.249. The van der Waals surface area contributed by atoms with Crippen molar-refractivity contribution in [3.8, 4) is 11.5 Å². The topological polar surface area (TPSA) is 166 Å². The minimum atomic E-state index is -3.67. The summed E-state index contributed by atoms with van der Waals surface area (Å²) in [5.74, 6) is -0.334. The molecule has 8 N–H and O–H groups in total. The summed E-state index contributed by atoms with van der Waals surface area (Å²) < 4.78 is 26.1. The van der Waals surface area contributed by atoms with Crippen LogP contribution in [0.4, 0.5) is 10.7 Å². The third-order valence-corrected chi connectivity index (χ3v) is 4.42. The van der Waals surface area contributed by atoms with Gasteiger partial charge in [-0.25, -0.2) is 13.6 Å². The van der Waals surface area contributed by atoms with Gasteiger partial charge in [0.2, 0.25) is 10.0 Å². The summed E-state index contributed by atoms with van der Waals surface area (Å²) in [4.78, 5) is 0.0527. The SMILES string of the molecule is Nc1ccc(O)c(O)c1.Nc1snc2ccc(S(N)(=O)=O)cc12. The first kappa shape index (κ1) is 16.8. The molecule has 0 saturated carbocycles. The summed E-state index contributed by atoms with van der Waals surface area (Å²) in [6.07, 6.45) is 0. The summed E-state index contributed by atoms with van der Waals surface area (Å²) in [7, 11) is -3.67. The molecule has 3 aromatic rings. The van der Waals surface area contributed by atoms with Gasteiger partial charge in [0.1, 0.15) is 5.00 Å². The van der Waals surface area contributed by atoms with E-state index in [1.165, 1.54) is 30.3 Å². The van der Waals surface area contributed by atoms with Crippen molar-refractivity contribution < 1.29 is 18.6 Å². The van der Waals surface area contributed by atoms with E-state index in [2.05, 4.69) is 4.37 Å². The molecule has 0 bridgehead atoms. The van der Waals surface area contributed by atoms with Crippen molar-refractivity contribution in [2.75, 3.05) is 11.5 Å². The molecule has 0 aliphatic carbocycles. The van der Waals surface area contributed by atoms with Crippen LogP contribution in [0.25, 0.3) is 10.9 Å². The third kappa shape index (κ3) is 4.00. The number of phenols is 2. The Morgan fingerprint density at radius 2 is 1.70 bits per heavy atom. The second kappa shape index (κ2) is 6.28. The van der Waals surface area contributed by atoms with Crippen molar-refractivity contribution in [2.24, 2.45) is 5.14 Å². The Balaban J connectivity index is 0.000000185. The van der Waals surface area contributed by atoms with Gasteiger partial charge in [-0.1, -0.05) is 0 Å². The number of sulfonamides is 1. The highest BCUT2D eigenvalue weighted by Crippen LogP contribution is 2.26. The molecule has 0 aliphatic heterocycles. The molecule has 23 heavy (non-hydrogen) atoms. The predicted octanol–water partition coefficient (Wildman–Crippen LogP) is 1.21. The number of aromatic nitrogens is 1. The number of nitrogens with two attached hydrogens (primary N) is 3. The number of phenolic OH excluding ortho intramolecular Hbond substituents is 2. The van der Waals surface area contributed by atoms with E-state index >= 15 is 0 Å². The molecule has 1 aromatic heterocycles. The van der Waals surface area contributed by atoms with Gasteiger partial charge in [-0.15, -0.1) is 0 Å². The fourth-order valence-electron chi connectivity index (χ4n) is 1.66. The first-order chi connectivity index (χ1) is 10.7. The Morgan fingerprint density at radius 3 is 2.26 bits per heavy atom. The van der Waals surface area contributed by atoms with E-state index in [1.54, 1.807) is 6.07 Å². The van der Waals surface area contributed by atoms with Crippen LogP contribution in [0.5, 0.6) is 11.5 Å². The second-order valence-electron chi connectivity index (χ2n) is 4.52. The summed E-state index contributed by atoms with van der Waals surface area (Å²) in [6.45, 7) is 0. The van der Waals surface area contributed by atoms with E-state index in [4.69, 9.17) is 26.8 Å². The highest BCUT2D eigenvalue weighted by Gasteiger charge is 2.10. The molecule has 0 amide bonds. The first-order valence-corrected chi connectivity index (χ1v) is 8.45. The maximum absolute atomic E-state index is 11.0. The molecular formula is C13H14N4O4S2. The molecule has 8 nitrogen and oxygen atoms in total. The molecule has 0 spiro atoms. The van der Waals surface area contributed by atoms with Crippen LogP contribution in [0.2, 0.25) is 0 Å². The summed E-state index contributed by atoms with van der Waals surface area (Å²) in [5, 5.41) is 23.6. The molecule has 10 heteroatoms. The molecule has 0 aliphatic rings. The van der Waals surface area contributed by atoms with E-state index in [-0.39, 0.29) is 16.4 Å². The average Bonchev–Trinajstić information content (AvgIpc) is 2.84. The molecule has 0 fully saturated rings. The standard InChI is InChI=1S/C7H7N3O2S2.C6H7NO2/c8-7-5-3-4(14(9,11)12)1-2-6(5)10-13-7;7-4-1-2-5(8)6(9)3-4/h1-3H,8H2,(H2,9,11,12);1-3,8-9H,7H2. The lowest BCUT2D eigenvalue weighted by atomic mass is 10.2. The van der Waals surface area contributed by atoms with Crippen molar-refractivity contribution in [1.82, 2.24) is 4.37 Å². The largest absolute Gasteiger partial charge is 0.504 e. The highest BCUT2D eigenvalue weighted by atomic mass is 32.2. The zero-order valence-corrected chi connectivity index (χ0v) is 13.3. The Kier molecular flexibility index (Phi) is 4.59. The van der Waals surface area contributed by atoms with Crippen molar-refractivity contribution in [3.63, 3.8) is 0 Å². The van der Waals surface area contributed by atoms with Crippen LogP contribution >= 0.6 is 11.5 Å². The smallest absolute Gasteiger partial charge is 0.238 e. The monoisotopic (exact) mass is 354 g/mol. The van der Waals surface area contributed by atoms with E-state index < -0.39 is 10.0 Å². The number of hydrogen-bond acceptors (Lipinski definition) is 8. The molecule has 3 rings (SSSR count). The molecule has 1 heterocycles. The van der Waals surface area contributed by atoms with Crippen molar-refractivity contribution in [2.45, 2.75) is 4.90 Å². The second-order valence-corrected chi connectivity index (χ2v) is 6.89. The summed E-state index contributed by atoms with van der Waals surface area (Å²) >= 11 is 1.13. The van der Waals surface area contributed by atoms with Gasteiger partial charge in [-0.3, -0.25) is 0 Å². The number of fused-ring (bicyclic) bond motifs is 1. The Hall–Kier alpha value is -2.56. The van der Waals surface area contributed by atoms with Gasteiger partial charge >= 0.3 is 0 Å². The number of anilines is 2. The fraction of sp³-hybridized carbons (Fsp3) is 0. The maximum Gasteiger partial charge on any atom is 0.238 e. The fourth-order valence-corrected chi connectivity index (χ4v) is 2.81. The lowest BCUT2D eigenvalue weighted by molar-refractivity contribution is 0.404. The van der Waals surface area contributed by atoms with Gasteiger partial charge in [0.05, 0.1) is 10.4 Å². The number of benzene rings is 2. The number of aromatic hydroxyl groups is 2. The van der Waals surface area contributed by atoms with Gasteiger partial charge in [-0.2, -0.15) is 4.37 Å². The van der Waals surface area contributed by atoms with E-state index in [1.807, 2.05) is 0 Å². The van der Waals surface area contributed by atoms with Crippen LogP contribution in [0.15, 0.2) is 41.3 Å². The normalized spacial score (nSPS) is 11.0. The maximum atomic E-state index is 11.0. The first-order valence-electron chi connectivity index (χ1n) is 6.13. The van der Waals surface area contributed by atoms with Crippen LogP contribution < -0.4 is 16.6 Å². The number of nitrogens with zero attached hydrogens (tertiary/aromatic N) is 1. The number of nitrogen functional groups attached to an aromatic ring is 2. The number of rotatable bonds is 1. The van der Waals surface area contributed by atoms with Gasteiger partial charge in [0.25, 0.3) is 0 Å². The van der Waals surface area contributed by atoms with Gasteiger partial charge in [-0.05, 0) is 41.9 Å². The summed E-state index contributed by atoms with van der Waals surface area (Å²) in [5.41, 5.74) is 12.0. The minimum absolute atomic E-state index is 0.0527. The lowest BCUT2D eigenvalue weighted by Gasteiger charge is -1.97. The van der Waals surface area contributed by atoms with Gasteiger partial charge in [0, 0.05) is 17.1 Å². The van der Waals surface area contributed by atoms with Crippen LogP contribution in [0, 0.1) is 0 Å². The summed E-state index contributed by atoms with van der Waals surface area (Å²) in [6, 6.07) is 8.57. The molecule has 0 unspecified atom stereocenters. The highest BCUT2D eigenvalue weighted by molar-refractivity contribution is 7.89. The third-order valence-electron chi connectivity index (χ3n) is 2.80. The van der Waals surface area contributed by atoms with Crippen LogP contribution in [0.3, 0.4) is 0 Å². The Bertz CT molecular complexity index is 954. The Labute approximate surface area is 136 Å². The molecule has 2 aromatic carbocycles. The van der Waals surface area contributed by atoms with Crippen molar-refractivity contribution in [3.05, 3.63) is 36.4 Å². The van der Waals surface area contributed by atoms with Crippen molar-refractivity contribution in [1.29, 1.82) is 0 Å². The zero-order valence-electron chi connectivity index (χ0n) is 11.7. The van der Waals surface area contributed by atoms with E-state index in [9.17, 15) is 8.42 Å². The predicted molar refractivity (Wildman–Crippen MR) is 89.6 cm³/mol. The number of primary sulfonamides is 1. The van der Waals surface area contributed by atoms with Crippen LogP contribution in [-0.2, 0) is 10.0 Å². The van der Waals surface area contributed by atoms with Gasteiger partial charge in [0.15, 0.2) is 11.5 Å². The van der Waals surface area contributed by atoms with E-state index in [0.717, 1.165) is 11.5 Å². The molecular weight excluding hydrogens is 340 g/mol.